The van der Waals surface area contributed by atoms with Crippen molar-refractivity contribution in [3.63, 3.8) is 0 Å². The number of nitrogens with one attached hydrogen (secondary N) is 1. The maximum absolute atomic E-state index is 9.28. The van der Waals surface area contributed by atoms with Crippen LogP contribution < -0.4 is 9.47 Å². The van der Waals surface area contributed by atoms with Crippen LogP contribution in [-0.2, 0) is 6.54 Å². The third kappa shape index (κ3) is 2.92. The van der Waals surface area contributed by atoms with E-state index in [9.17, 15) is 5.11 Å². The van der Waals surface area contributed by atoms with Gasteiger partial charge in [-0.05, 0) is 37.1 Å². The fourth-order valence-corrected chi connectivity index (χ4v) is 3.33. The van der Waals surface area contributed by atoms with E-state index in [1.165, 1.54) is 5.56 Å². The van der Waals surface area contributed by atoms with Gasteiger partial charge in [0.2, 0.25) is 0 Å². The Balaban J connectivity index is 1.55. The van der Waals surface area contributed by atoms with Crippen molar-refractivity contribution in [3.8, 4) is 22.8 Å². The number of rotatable bonds is 4. The minimum atomic E-state index is 0.275. The van der Waals surface area contributed by atoms with Gasteiger partial charge in [0.25, 0.3) is 0 Å². The molecule has 1 aromatic carbocycles. The summed E-state index contributed by atoms with van der Waals surface area (Å²) in [6.07, 6.45) is 2.95. The Morgan fingerprint density at radius 1 is 1.26 bits per heavy atom. The van der Waals surface area contributed by atoms with Crippen molar-refractivity contribution >= 4 is 0 Å². The maximum atomic E-state index is 9.28. The van der Waals surface area contributed by atoms with Gasteiger partial charge in [-0.2, -0.15) is 5.10 Å². The number of fused-ring (bicyclic) bond motifs is 1. The zero-order chi connectivity index (χ0) is 15.6. The van der Waals surface area contributed by atoms with Gasteiger partial charge in [0.05, 0.1) is 11.9 Å². The third-order valence-electron chi connectivity index (χ3n) is 4.57. The second-order valence-electron chi connectivity index (χ2n) is 6.20. The Labute approximate surface area is 135 Å². The van der Waals surface area contributed by atoms with Crippen molar-refractivity contribution < 1.29 is 14.6 Å². The molecule has 2 N–H and O–H groups in total. The molecule has 2 aliphatic heterocycles. The second-order valence-corrected chi connectivity index (χ2v) is 6.20. The molecule has 1 atom stereocenters. The number of aromatic nitrogens is 2. The Hall–Kier alpha value is -2.05. The van der Waals surface area contributed by atoms with Gasteiger partial charge in [0.15, 0.2) is 11.5 Å². The molecule has 0 saturated carbocycles. The number of hydrogen-bond donors (Lipinski definition) is 2. The normalized spacial score (nSPS) is 20.8. The summed E-state index contributed by atoms with van der Waals surface area (Å²) in [7, 11) is 0. The van der Waals surface area contributed by atoms with Crippen LogP contribution in [-0.4, -0.2) is 53.1 Å². The number of hydrogen-bond acceptors (Lipinski definition) is 5. The summed E-state index contributed by atoms with van der Waals surface area (Å²) >= 11 is 0. The lowest BCUT2D eigenvalue weighted by Gasteiger charge is -2.19. The molecule has 4 rings (SSSR count). The van der Waals surface area contributed by atoms with Crippen LogP contribution in [0, 0.1) is 5.92 Å². The summed E-state index contributed by atoms with van der Waals surface area (Å²) in [4.78, 5) is 2.37. The average molecular weight is 315 g/mol. The molecule has 0 amide bonds. The highest BCUT2D eigenvalue weighted by Crippen LogP contribution is 2.35. The number of nitrogens with zero attached hydrogens (tertiary/aromatic N) is 2. The first kappa shape index (κ1) is 14.5. The lowest BCUT2D eigenvalue weighted by Crippen LogP contribution is -2.21. The first-order chi connectivity index (χ1) is 11.3. The van der Waals surface area contributed by atoms with Crippen molar-refractivity contribution in [2.75, 3.05) is 32.9 Å². The van der Waals surface area contributed by atoms with Gasteiger partial charge >= 0.3 is 0 Å². The van der Waals surface area contributed by atoms with Gasteiger partial charge < -0.3 is 14.6 Å². The van der Waals surface area contributed by atoms with Gasteiger partial charge in [0, 0.05) is 30.8 Å². The Morgan fingerprint density at radius 2 is 2.13 bits per heavy atom. The predicted molar refractivity (Wildman–Crippen MR) is 85.5 cm³/mol. The first-order valence-electron chi connectivity index (χ1n) is 8.09. The average Bonchev–Trinajstić information content (AvgIpc) is 3.24. The quantitative estimate of drug-likeness (QED) is 0.898. The number of ether oxygens (including phenoxy) is 2. The number of likely N-dealkylation sites (tertiary alicyclic amines) is 1. The van der Waals surface area contributed by atoms with E-state index < -0.39 is 0 Å². The van der Waals surface area contributed by atoms with Crippen LogP contribution >= 0.6 is 0 Å². The molecule has 6 nitrogen and oxygen atoms in total. The summed E-state index contributed by atoms with van der Waals surface area (Å²) in [5.41, 5.74) is 3.24. The Morgan fingerprint density at radius 3 is 2.96 bits per heavy atom. The van der Waals surface area contributed by atoms with E-state index >= 15 is 0 Å². The van der Waals surface area contributed by atoms with Crippen LogP contribution in [0.2, 0.25) is 0 Å². The van der Waals surface area contributed by atoms with E-state index in [1.54, 1.807) is 0 Å². The van der Waals surface area contributed by atoms with Gasteiger partial charge in [-0.3, -0.25) is 10.00 Å². The molecule has 0 bridgehead atoms. The maximum Gasteiger partial charge on any atom is 0.162 e. The lowest BCUT2D eigenvalue weighted by atomic mass is 10.1. The number of benzene rings is 1. The minimum Gasteiger partial charge on any atom is -0.486 e. The molecule has 0 aliphatic carbocycles. The zero-order valence-corrected chi connectivity index (χ0v) is 13.0. The summed E-state index contributed by atoms with van der Waals surface area (Å²) in [5.74, 6) is 1.99. The number of aliphatic hydroxyl groups is 1. The van der Waals surface area contributed by atoms with Gasteiger partial charge in [-0.1, -0.05) is 0 Å². The van der Waals surface area contributed by atoms with E-state index in [1.807, 2.05) is 24.4 Å². The standard InChI is InChI=1S/C17H21N3O3/c21-11-12-3-4-20(9-12)10-14-8-18-19-17(14)13-1-2-15-16(7-13)23-6-5-22-15/h1-2,7-8,12,21H,3-6,9-11H2,(H,18,19). The molecule has 0 radical (unpaired) electrons. The van der Waals surface area contributed by atoms with Crippen LogP contribution in [0.25, 0.3) is 11.3 Å². The van der Waals surface area contributed by atoms with E-state index in [0.29, 0.717) is 19.1 Å². The molecular formula is C17H21N3O3. The van der Waals surface area contributed by atoms with Crippen LogP contribution in [0.5, 0.6) is 11.5 Å². The van der Waals surface area contributed by atoms with Crippen molar-refractivity contribution in [3.05, 3.63) is 30.0 Å². The van der Waals surface area contributed by atoms with E-state index in [0.717, 1.165) is 48.8 Å². The Kier molecular flexibility index (Phi) is 3.93. The van der Waals surface area contributed by atoms with Crippen LogP contribution in [0.4, 0.5) is 0 Å². The Bertz CT molecular complexity index is 685. The van der Waals surface area contributed by atoms with Gasteiger partial charge in [-0.15, -0.1) is 0 Å². The van der Waals surface area contributed by atoms with E-state index in [-0.39, 0.29) is 6.61 Å². The lowest BCUT2D eigenvalue weighted by molar-refractivity contribution is 0.171. The van der Waals surface area contributed by atoms with Crippen LogP contribution in [0.1, 0.15) is 12.0 Å². The molecule has 1 unspecified atom stereocenters. The van der Waals surface area contributed by atoms with Crippen molar-refractivity contribution in [2.45, 2.75) is 13.0 Å². The number of aliphatic hydroxyl groups excluding tert-OH is 1. The molecule has 1 saturated heterocycles. The predicted octanol–water partition coefficient (Wildman–Crippen LogP) is 1.66. The second kappa shape index (κ2) is 6.22. The third-order valence-corrected chi connectivity index (χ3v) is 4.57. The summed E-state index contributed by atoms with van der Waals surface area (Å²) < 4.78 is 11.2. The van der Waals surface area contributed by atoms with E-state index in [4.69, 9.17) is 9.47 Å². The largest absolute Gasteiger partial charge is 0.486 e. The molecular weight excluding hydrogens is 294 g/mol. The molecule has 6 heteroatoms. The smallest absolute Gasteiger partial charge is 0.162 e. The van der Waals surface area contributed by atoms with Crippen LogP contribution in [0.15, 0.2) is 24.4 Å². The fraction of sp³-hybridized carbons (Fsp3) is 0.471. The molecule has 1 aromatic heterocycles. The topological polar surface area (TPSA) is 70.6 Å². The monoisotopic (exact) mass is 315 g/mol. The molecule has 23 heavy (non-hydrogen) atoms. The number of aromatic amines is 1. The SMILES string of the molecule is OCC1CCN(Cc2cn[nH]c2-c2ccc3c(c2)OCCO3)C1. The highest BCUT2D eigenvalue weighted by Gasteiger charge is 2.23. The van der Waals surface area contributed by atoms with E-state index in [2.05, 4.69) is 15.1 Å². The highest BCUT2D eigenvalue weighted by molar-refractivity contribution is 5.66. The molecule has 2 aliphatic rings. The first-order valence-corrected chi connectivity index (χ1v) is 8.09. The van der Waals surface area contributed by atoms with Gasteiger partial charge in [0.1, 0.15) is 13.2 Å². The molecule has 0 spiro atoms. The van der Waals surface area contributed by atoms with Crippen molar-refractivity contribution in [1.82, 2.24) is 15.1 Å². The summed E-state index contributed by atoms with van der Waals surface area (Å²) in [6, 6.07) is 5.99. The summed E-state index contributed by atoms with van der Waals surface area (Å²) in [6.45, 7) is 4.28. The molecule has 1 fully saturated rings. The number of H-pyrrole nitrogens is 1. The zero-order valence-electron chi connectivity index (χ0n) is 13.0. The summed E-state index contributed by atoms with van der Waals surface area (Å²) in [5, 5.41) is 16.6. The van der Waals surface area contributed by atoms with Crippen molar-refractivity contribution in [2.24, 2.45) is 5.92 Å². The minimum absolute atomic E-state index is 0.275. The van der Waals surface area contributed by atoms with Crippen molar-refractivity contribution in [1.29, 1.82) is 0 Å². The fourth-order valence-electron chi connectivity index (χ4n) is 3.33. The molecule has 3 heterocycles. The highest BCUT2D eigenvalue weighted by atomic mass is 16.6. The van der Waals surface area contributed by atoms with Crippen LogP contribution in [0.3, 0.4) is 0 Å². The molecule has 122 valence electrons. The van der Waals surface area contributed by atoms with Gasteiger partial charge in [-0.25, -0.2) is 0 Å². The molecule has 2 aromatic rings.